The molecule has 0 saturated carbocycles. The van der Waals surface area contributed by atoms with Gasteiger partial charge in [0.05, 0.1) is 18.1 Å². The molecule has 1 fully saturated rings. The summed E-state index contributed by atoms with van der Waals surface area (Å²) in [7, 11) is 1.57. The molecule has 0 aromatic heterocycles. The van der Waals surface area contributed by atoms with E-state index in [0.717, 1.165) is 6.07 Å². The van der Waals surface area contributed by atoms with Crippen LogP contribution in [0.1, 0.15) is 5.56 Å². The van der Waals surface area contributed by atoms with Gasteiger partial charge in [0.15, 0.2) is 0 Å². The Morgan fingerprint density at radius 3 is 2.39 bits per heavy atom. The van der Waals surface area contributed by atoms with Crippen LogP contribution < -0.4 is 15.0 Å². The number of nitrogens with zero attached hydrogens (tertiary/aromatic N) is 3. The summed E-state index contributed by atoms with van der Waals surface area (Å²) in [6.07, 6.45) is 0. The first kappa shape index (κ1) is 19.4. The molecule has 0 bridgehead atoms. The predicted octanol–water partition coefficient (Wildman–Crippen LogP) is 3.41. The van der Waals surface area contributed by atoms with E-state index in [2.05, 4.69) is 5.32 Å². The molecule has 0 radical (unpaired) electrons. The zero-order valence-electron chi connectivity index (χ0n) is 15.6. The van der Waals surface area contributed by atoms with E-state index in [0.29, 0.717) is 48.9 Å². The number of aryl methyl sites for hydroxylation is 1. The Balaban J connectivity index is 1.65. The maximum absolute atomic E-state index is 13.7. The zero-order chi connectivity index (χ0) is 20.3. The van der Waals surface area contributed by atoms with Gasteiger partial charge in [-0.2, -0.15) is 0 Å². The Bertz CT molecular complexity index is 880. The Kier molecular flexibility index (Phi) is 5.62. The number of benzene rings is 2. The Labute approximate surface area is 161 Å². The van der Waals surface area contributed by atoms with Gasteiger partial charge < -0.3 is 19.9 Å². The Hall–Kier alpha value is -3.36. The van der Waals surface area contributed by atoms with E-state index in [1.54, 1.807) is 43.2 Å². The third kappa shape index (κ3) is 4.13. The van der Waals surface area contributed by atoms with Gasteiger partial charge in [-0.25, -0.2) is 9.18 Å². The first-order valence-corrected chi connectivity index (χ1v) is 8.78. The van der Waals surface area contributed by atoms with Crippen molar-refractivity contribution in [1.29, 1.82) is 0 Å². The van der Waals surface area contributed by atoms with Crippen molar-refractivity contribution < 1.29 is 18.8 Å². The largest absolute Gasteiger partial charge is 0.497 e. The van der Waals surface area contributed by atoms with E-state index in [-0.39, 0.29) is 11.7 Å². The fourth-order valence-corrected chi connectivity index (χ4v) is 3.08. The van der Waals surface area contributed by atoms with Crippen LogP contribution in [-0.2, 0) is 0 Å². The number of hydrogen-bond donors (Lipinski definition) is 1. The third-order valence-electron chi connectivity index (χ3n) is 4.70. The monoisotopic (exact) mass is 388 g/mol. The molecule has 2 amide bonds. The number of anilines is 2. The molecule has 1 N–H and O–H groups in total. The Morgan fingerprint density at radius 2 is 1.82 bits per heavy atom. The zero-order valence-corrected chi connectivity index (χ0v) is 15.6. The van der Waals surface area contributed by atoms with Gasteiger partial charge in [0.2, 0.25) is 0 Å². The molecule has 2 aromatic rings. The highest BCUT2D eigenvalue weighted by atomic mass is 19.1. The van der Waals surface area contributed by atoms with Crippen LogP contribution in [-0.4, -0.2) is 49.1 Å². The number of halogens is 1. The number of carbonyl (C=O) groups excluding carboxylic acids is 1. The van der Waals surface area contributed by atoms with Gasteiger partial charge in [0.25, 0.3) is 5.69 Å². The maximum Gasteiger partial charge on any atom is 0.321 e. The molecule has 0 atom stereocenters. The molecule has 148 valence electrons. The highest BCUT2D eigenvalue weighted by Crippen LogP contribution is 2.31. The molecule has 0 spiro atoms. The summed E-state index contributed by atoms with van der Waals surface area (Å²) in [5.74, 6) is 0.0933. The maximum atomic E-state index is 13.7. The smallest absolute Gasteiger partial charge is 0.321 e. The van der Waals surface area contributed by atoms with Gasteiger partial charge in [0.1, 0.15) is 17.3 Å². The van der Waals surface area contributed by atoms with E-state index < -0.39 is 10.7 Å². The van der Waals surface area contributed by atoms with Crippen LogP contribution in [0.3, 0.4) is 0 Å². The number of nitrogens with one attached hydrogen (secondary N) is 1. The number of piperazine rings is 1. The van der Waals surface area contributed by atoms with Crippen molar-refractivity contribution in [3.63, 3.8) is 0 Å². The molecule has 8 nitrogen and oxygen atoms in total. The van der Waals surface area contributed by atoms with E-state index in [4.69, 9.17) is 4.74 Å². The quantitative estimate of drug-likeness (QED) is 0.641. The highest BCUT2D eigenvalue weighted by molar-refractivity contribution is 5.89. The first-order chi connectivity index (χ1) is 13.4. The molecule has 1 aliphatic rings. The van der Waals surface area contributed by atoms with E-state index in [1.165, 1.54) is 6.07 Å². The van der Waals surface area contributed by atoms with Crippen LogP contribution in [0.5, 0.6) is 5.75 Å². The van der Waals surface area contributed by atoms with Crippen LogP contribution in [0.2, 0.25) is 0 Å². The molecule has 1 heterocycles. The molecule has 2 aromatic carbocycles. The van der Waals surface area contributed by atoms with Crippen molar-refractivity contribution >= 4 is 23.1 Å². The van der Waals surface area contributed by atoms with Crippen molar-refractivity contribution in [2.24, 2.45) is 0 Å². The minimum Gasteiger partial charge on any atom is -0.497 e. The standard InChI is InChI=1S/C19H21FN4O4/c1-13-11-17(18(24(26)27)12-16(13)20)22-7-9-23(10-8-22)19(25)21-14-3-5-15(28-2)6-4-14/h3-6,11-12H,7-10H2,1-2H3,(H,21,25). The van der Waals surface area contributed by atoms with Gasteiger partial charge in [-0.15, -0.1) is 0 Å². The second-order valence-corrected chi connectivity index (χ2v) is 6.48. The van der Waals surface area contributed by atoms with Gasteiger partial charge in [-0.1, -0.05) is 0 Å². The number of amides is 2. The number of nitro groups is 1. The van der Waals surface area contributed by atoms with Crippen LogP contribution in [0.4, 0.5) is 26.2 Å². The summed E-state index contributed by atoms with van der Waals surface area (Å²) in [5, 5.41) is 14.1. The van der Waals surface area contributed by atoms with Crippen LogP contribution in [0.25, 0.3) is 0 Å². The highest BCUT2D eigenvalue weighted by Gasteiger charge is 2.27. The summed E-state index contributed by atoms with van der Waals surface area (Å²) in [6.45, 7) is 3.20. The van der Waals surface area contributed by atoms with Gasteiger partial charge in [-0.3, -0.25) is 10.1 Å². The number of hydrogen-bond acceptors (Lipinski definition) is 5. The summed E-state index contributed by atoms with van der Waals surface area (Å²) in [6, 6.07) is 9.20. The van der Waals surface area contributed by atoms with Crippen LogP contribution in [0, 0.1) is 22.9 Å². The molecule has 28 heavy (non-hydrogen) atoms. The van der Waals surface area contributed by atoms with E-state index in [1.807, 2.05) is 4.90 Å². The number of carbonyl (C=O) groups is 1. The summed E-state index contributed by atoms with van der Waals surface area (Å²) >= 11 is 0. The second kappa shape index (κ2) is 8.12. The minimum absolute atomic E-state index is 0.241. The normalized spacial score (nSPS) is 14.0. The van der Waals surface area contributed by atoms with Gasteiger partial charge in [0, 0.05) is 31.9 Å². The average molecular weight is 388 g/mol. The van der Waals surface area contributed by atoms with Crippen LogP contribution in [0.15, 0.2) is 36.4 Å². The average Bonchev–Trinajstić information content (AvgIpc) is 2.70. The summed E-state index contributed by atoms with van der Waals surface area (Å²) in [5.41, 5.74) is 1.11. The fourth-order valence-electron chi connectivity index (χ4n) is 3.08. The molecule has 3 rings (SSSR count). The minimum atomic E-state index is -0.604. The first-order valence-electron chi connectivity index (χ1n) is 8.78. The lowest BCUT2D eigenvalue weighted by atomic mass is 10.1. The SMILES string of the molecule is COc1ccc(NC(=O)N2CCN(c3cc(C)c(F)cc3[N+](=O)[O-])CC2)cc1. The number of methoxy groups -OCH3 is 1. The molecular formula is C19H21FN4O4. The van der Waals surface area contributed by atoms with Crippen molar-refractivity contribution in [2.75, 3.05) is 43.5 Å². The van der Waals surface area contributed by atoms with Crippen LogP contribution >= 0.6 is 0 Å². The number of ether oxygens (including phenoxy) is 1. The van der Waals surface area contributed by atoms with Gasteiger partial charge >= 0.3 is 6.03 Å². The van der Waals surface area contributed by atoms with Crippen molar-refractivity contribution in [1.82, 2.24) is 4.90 Å². The number of nitro benzene ring substituents is 1. The molecule has 1 aliphatic heterocycles. The third-order valence-corrected chi connectivity index (χ3v) is 4.70. The molecule has 9 heteroatoms. The van der Waals surface area contributed by atoms with E-state index >= 15 is 0 Å². The van der Waals surface area contributed by atoms with Crippen molar-refractivity contribution in [3.8, 4) is 5.75 Å². The molecular weight excluding hydrogens is 367 g/mol. The summed E-state index contributed by atoms with van der Waals surface area (Å²) in [4.78, 5) is 26.6. The predicted molar refractivity (Wildman–Crippen MR) is 104 cm³/mol. The summed E-state index contributed by atoms with van der Waals surface area (Å²) < 4.78 is 18.8. The lowest BCUT2D eigenvalue weighted by Crippen LogP contribution is -2.50. The molecule has 0 aliphatic carbocycles. The molecule has 1 saturated heterocycles. The van der Waals surface area contributed by atoms with E-state index in [9.17, 15) is 19.3 Å². The number of urea groups is 1. The number of rotatable bonds is 4. The topological polar surface area (TPSA) is 88.0 Å². The second-order valence-electron chi connectivity index (χ2n) is 6.48. The lowest BCUT2D eigenvalue weighted by Gasteiger charge is -2.35. The van der Waals surface area contributed by atoms with Crippen molar-refractivity contribution in [3.05, 3.63) is 57.9 Å². The fraction of sp³-hybridized carbons (Fsp3) is 0.316. The van der Waals surface area contributed by atoms with Gasteiger partial charge in [-0.05, 0) is 42.8 Å². The van der Waals surface area contributed by atoms with Crippen molar-refractivity contribution in [2.45, 2.75) is 6.92 Å². The lowest BCUT2D eigenvalue weighted by molar-refractivity contribution is -0.384. The Morgan fingerprint density at radius 1 is 1.18 bits per heavy atom. The molecule has 0 unspecified atom stereocenters.